The van der Waals surface area contributed by atoms with E-state index in [1.165, 1.54) is 6.07 Å². The van der Waals surface area contributed by atoms with Crippen LogP contribution in [0.3, 0.4) is 0 Å². The highest BCUT2D eigenvalue weighted by molar-refractivity contribution is 5.97. The summed E-state index contributed by atoms with van der Waals surface area (Å²) in [7, 11) is 0. The zero-order valence-electron chi connectivity index (χ0n) is 9.03. The van der Waals surface area contributed by atoms with Gasteiger partial charge in [0.2, 0.25) is 0 Å². The first kappa shape index (κ1) is 11.5. The van der Waals surface area contributed by atoms with Gasteiger partial charge in [0, 0.05) is 18.4 Å². The van der Waals surface area contributed by atoms with Gasteiger partial charge in [-0.1, -0.05) is 20.8 Å². The maximum atomic E-state index is 11.4. The van der Waals surface area contributed by atoms with Crippen molar-refractivity contribution in [1.82, 2.24) is 0 Å². The van der Waals surface area contributed by atoms with E-state index in [1.807, 2.05) is 13.8 Å². The molecule has 4 heteroatoms. The Morgan fingerprint density at radius 1 is 1.53 bits per heavy atom. The molecule has 0 aliphatic heterocycles. The molecule has 1 N–H and O–H groups in total. The van der Waals surface area contributed by atoms with Crippen LogP contribution in [-0.2, 0) is 0 Å². The molecule has 0 atom stereocenters. The molecule has 0 aliphatic carbocycles. The van der Waals surface area contributed by atoms with Crippen molar-refractivity contribution in [1.29, 1.82) is 0 Å². The molecule has 0 saturated heterocycles. The van der Waals surface area contributed by atoms with Crippen LogP contribution in [0.25, 0.3) is 0 Å². The van der Waals surface area contributed by atoms with E-state index in [2.05, 4.69) is 0 Å². The first-order chi connectivity index (χ1) is 6.97. The third-order valence-electron chi connectivity index (χ3n) is 2.12. The molecular formula is C11H14O4. The van der Waals surface area contributed by atoms with E-state index in [1.54, 1.807) is 6.92 Å². The molecular weight excluding hydrogens is 196 g/mol. The molecule has 0 spiro atoms. The minimum Gasteiger partial charge on any atom is -0.507 e. The van der Waals surface area contributed by atoms with Crippen molar-refractivity contribution in [3.8, 4) is 5.75 Å². The van der Waals surface area contributed by atoms with Gasteiger partial charge in [-0.3, -0.25) is 4.79 Å². The summed E-state index contributed by atoms with van der Waals surface area (Å²) in [5.74, 6) is -0.321. The fraction of sp³-hybridized carbons (Fsp3) is 0.455. The van der Waals surface area contributed by atoms with E-state index in [0.29, 0.717) is 5.76 Å². The van der Waals surface area contributed by atoms with Gasteiger partial charge in [-0.25, -0.2) is 4.79 Å². The number of carbonyl (C=O) groups excluding carboxylic acids is 1. The van der Waals surface area contributed by atoms with Crippen LogP contribution in [-0.4, -0.2) is 10.9 Å². The van der Waals surface area contributed by atoms with Crippen molar-refractivity contribution in [2.45, 2.75) is 33.1 Å². The molecule has 0 aromatic carbocycles. The average Bonchev–Trinajstić information content (AvgIpc) is 2.16. The molecule has 0 amide bonds. The Kier molecular flexibility index (Phi) is 3.29. The number of hydrogen-bond donors (Lipinski definition) is 1. The van der Waals surface area contributed by atoms with Gasteiger partial charge < -0.3 is 9.52 Å². The summed E-state index contributed by atoms with van der Waals surface area (Å²) in [6.07, 6.45) is 0.166. The number of hydrogen-bond acceptors (Lipinski definition) is 4. The van der Waals surface area contributed by atoms with E-state index in [9.17, 15) is 14.7 Å². The van der Waals surface area contributed by atoms with Crippen LogP contribution < -0.4 is 5.63 Å². The molecule has 0 radical (unpaired) electrons. The molecule has 0 unspecified atom stereocenters. The van der Waals surface area contributed by atoms with Crippen molar-refractivity contribution in [2.75, 3.05) is 0 Å². The van der Waals surface area contributed by atoms with Crippen LogP contribution in [0, 0.1) is 0 Å². The van der Waals surface area contributed by atoms with E-state index in [4.69, 9.17) is 4.42 Å². The average molecular weight is 210 g/mol. The number of carbonyl (C=O) groups is 1. The highest BCUT2D eigenvalue weighted by Crippen LogP contribution is 2.21. The molecule has 0 aliphatic rings. The predicted molar refractivity (Wildman–Crippen MR) is 55.4 cm³/mol. The maximum absolute atomic E-state index is 11.4. The third kappa shape index (κ3) is 2.26. The minimum atomic E-state index is -0.759. The van der Waals surface area contributed by atoms with Crippen LogP contribution >= 0.6 is 0 Å². The standard InChI is InChI=1S/C11H14O4/c1-4-7(12)10-8(13)5-9(6(2)3)15-11(10)14/h5-6,13H,4H2,1-3H3. The molecule has 82 valence electrons. The molecule has 4 nitrogen and oxygen atoms in total. The highest BCUT2D eigenvalue weighted by atomic mass is 16.4. The molecule has 0 bridgehead atoms. The molecule has 1 aromatic heterocycles. The lowest BCUT2D eigenvalue weighted by atomic mass is 10.1. The van der Waals surface area contributed by atoms with Crippen molar-refractivity contribution in [3.63, 3.8) is 0 Å². The summed E-state index contributed by atoms with van der Waals surface area (Å²) in [6.45, 7) is 5.29. The van der Waals surface area contributed by atoms with Crippen LogP contribution in [0.15, 0.2) is 15.3 Å². The van der Waals surface area contributed by atoms with Crippen molar-refractivity contribution < 1.29 is 14.3 Å². The first-order valence-electron chi connectivity index (χ1n) is 4.87. The van der Waals surface area contributed by atoms with Gasteiger partial charge in [0.1, 0.15) is 17.1 Å². The molecule has 1 rings (SSSR count). The molecule has 1 aromatic rings. The molecule has 0 saturated carbocycles. The second-order valence-electron chi connectivity index (χ2n) is 3.63. The summed E-state index contributed by atoms with van der Waals surface area (Å²) in [4.78, 5) is 22.7. The van der Waals surface area contributed by atoms with Crippen LogP contribution in [0.5, 0.6) is 5.75 Å². The van der Waals surface area contributed by atoms with E-state index in [0.717, 1.165) is 0 Å². The zero-order valence-corrected chi connectivity index (χ0v) is 9.03. The topological polar surface area (TPSA) is 67.5 Å². The Labute approximate surface area is 87.5 Å². The molecule has 0 fully saturated rings. The Balaban J connectivity index is 3.34. The Bertz CT molecular complexity index is 429. The van der Waals surface area contributed by atoms with Crippen molar-refractivity contribution in [3.05, 3.63) is 27.8 Å². The number of rotatable bonds is 3. The zero-order chi connectivity index (χ0) is 11.6. The Morgan fingerprint density at radius 3 is 2.53 bits per heavy atom. The lowest BCUT2D eigenvalue weighted by Gasteiger charge is -2.06. The predicted octanol–water partition coefficient (Wildman–Crippen LogP) is 2.06. The summed E-state index contributed by atoms with van der Waals surface area (Å²) < 4.78 is 4.94. The van der Waals surface area contributed by atoms with Gasteiger partial charge in [-0.05, 0) is 0 Å². The lowest BCUT2D eigenvalue weighted by molar-refractivity contribution is 0.0980. The van der Waals surface area contributed by atoms with Crippen molar-refractivity contribution >= 4 is 5.78 Å². The molecule has 1 heterocycles. The normalized spacial score (nSPS) is 10.7. The smallest absolute Gasteiger partial charge is 0.350 e. The van der Waals surface area contributed by atoms with Gasteiger partial charge in [0.05, 0.1) is 0 Å². The van der Waals surface area contributed by atoms with Crippen LogP contribution in [0.4, 0.5) is 0 Å². The Hall–Kier alpha value is -1.58. The quantitative estimate of drug-likeness (QED) is 0.775. The first-order valence-corrected chi connectivity index (χ1v) is 4.87. The van der Waals surface area contributed by atoms with E-state index in [-0.39, 0.29) is 23.7 Å². The number of ketones is 1. The van der Waals surface area contributed by atoms with Gasteiger partial charge in [-0.15, -0.1) is 0 Å². The third-order valence-corrected chi connectivity index (χ3v) is 2.12. The largest absolute Gasteiger partial charge is 0.507 e. The number of aromatic hydroxyl groups is 1. The Morgan fingerprint density at radius 2 is 2.13 bits per heavy atom. The fourth-order valence-electron chi connectivity index (χ4n) is 1.22. The summed E-state index contributed by atoms with van der Waals surface area (Å²) >= 11 is 0. The summed E-state index contributed by atoms with van der Waals surface area (Å²) in [5, 5.41) is 9.54. The van der Waals surface area contributed by atoms with Crippen LogP contribution in [0.1, 0.15) is 49.2 Å². The molecule has 15 heavy (non-hydrogen) atoms. The minimum absolute atomic E-state index is 0.00521. The van der Waals surface area contributed by atoms with Gasteiger partial charge in [0.15, 0.2) is 5.78 Å². The summed E-state index contributed by atoms with van der Waals surface area (Å²) in [5.41, 5.74) is -1.01. The van der Waals surface area contributed by atoms with Gasteiger partial charge >= 0.3 is 5.63 Å². The second-order valence-corrected chi connectivity index (χ2v) is 3.63. The second kappa shape index (κ2) is 4.29. The van der Waals surface area contributed by atoms with Gasteiger partial charge in [0.25, 0.3) is 0 Å². The fourth-order valence-corrected chi connectivity index (χ4v) is 1.22. The maximum Gasteiger partial charge on any atom is 0.350 e. The lowest BCUT2D eigenvalue weighted by Crippen LogP contribution is -2.14. The van der Waals surface area contributed by atoms with E-state index >= 15 is 0 Å². The van der Waals surface area contributed by atoms with Crippen LogP contribution in [0.2, 0.25) is 0 Å². The highest BCUT2D eigenvalue weighted by Gasteiger charge is 2.18. The van der Waals surface area contributed by atoms with Gasteiger partial charge in [-0.2, -0.15) is 0 Å². The summed E-state index contributed by atoms with van der Waals surface area (Å²) in [6, 6.07) is 1.33. The SMILES string of the molecule is CCC(=O)c1c(O)cc(C(C)C)oc1=O. The van der Waals surface area contributed by atoms with Crippen molar-refractivity contribution in [2.24, 2.45) is 0 Å². The number of Topliss-reactive ketones (excluding diaryl/α,β-unsaturated/α-hetero) is 1. The monoisotopic (exact) mass is 210 g/mol. The van der Waals surface area contributed by atoms with E-state index < -0.39 is 11.4 Å².